The van der Waals surface area contributed by atoms with Gasteiger partial charge >= 0.3 is 12.1 Å². The van der Waals surface area contributed by atoms with E-state index in [1.54, 1.807) is 20.8 Å². The van der Waals surface area contributed by atoms with Gasteiger partial charge in [-0.2, -0.15) is 0 Å². The number of hydrogen-bond donors (Lipinski definition) is 2. The van der Waals surface area contributed by atoms with E-state index in [4.69, 9.17) is 9.47 Å². The van der Waals surface area contributed by atoms with Crippen molar-refractivity contribution in [1.29, 1.82) is 0 Å². The molecule has 0 spiro atoms. The molecule has 7 heteroatoms. The van der Waals surface area contributed by atoms with Crippen molar-refractivity contribution in [2.45, 2.75) is 79.7 Å². The Morgan fingerprint density at radius 3 is 1.97 bits per heavy atom. The summed E-state index contributed by atoms with van der Waals surface area (Å²) in [7, 11) is 0. The van der Waals surface area contributed by atoms with Crippen molar-refractivity contribution in [2.75, 3.05) is 0 Å². The summed E-state index contributed by atoms with van der Waals surface area (Å²) in [5, 5.41) is 5.37. The van der Waals surface area contributed by atoms with E-state index in [9.17, 15) is 14.4 Å². The Balaban J connectivity index is 2.86. The SMILES string of the molecule is CC(C)[C@H](NC(=O)[C@@H](NC(=O)OC(C)(C)C)C(C)(C)C)C(=O)OCc1ccccc1. The first kappa shape index (κ1) is 25.5. The smallest absolute Gasteiger partial charge is 0.408 e. The quantitative estimate of drug-likeness (QED) is 0.654. The van der Waals surface area contributed by atoms with Crippen molar-refractivity contribution in [3.8, 4) is 0 Å². The van der Waals surface area contributed by atoms with E-state index in [1.165, 1.54) is 0 Å². The van der Waals surface area contributed by atoms with Crippen LogP contribution in [0.2, 0.25) is 0 Å². The summed E-state index contributed by atoms with van der Waals surface area (Å²) < 4.78 is 10.7. The normalized spacial score (nSPS) is 13.9. The van der Waals surface area contributed by atoms with Crippen LogP contribution in [0.25, 0.3) is 0 Å². The number of carbonyl (C=O) groups is 3. The molecule has 1 aromatic carbocycles. The van der Waals surface area contributed by atoms with Gasteiger partial charge in [0.2, 0.25) is 5.91 Å². The zero-order chi connectivity index (χ0) is 23.1. The van der Waals surface area contributed by atoms with Gasteiger partial charge in [-0.1, -0.05) is 65.0 Å². The highest BCUT2D eigenvalue weighted by atomic mass is 16.6. The molecule has 2 N–H and O–H groups in total. The molecule has 0 aromatic heterocycles. The van der Waals surface area contributed by atoms with Crippen LogP contribution in [-0.2, 0) is 25.7 Å². The van der Waals surface area contributed by atoms with E-state index in [-0.39, 0.29) is 12.5 Å². The number of ether oxygens (including phenoxy) is 2. The molecule has 0 aliphatic rings. The van der Waals surface area contributed by atoms with E-state index in [1.807, 2.05) is 65.0 Å². The third-order valence-corrected chi connectivity index (χ3v) is 4.23. The zero-order valence-electron chi connectivity index (χ0n) is 19.4. The van der Waals surface area contributed by atoms with Crippen LogP contribution >= 0.6 is 0 Å². The molecule has 30 heavy (non-hydrogen) atoms. The van der Waals surface area contributed by atoms with Crippen molar-refractivity contribution < 1.29 is 23.9 Å². The fourth-order valence-electron chi connectivity index (χ4n) is 2.65. The monoisotopic (exact) mass is 420 g/mol. The lowest BCUT2D eigenvalue weighted by atomic mass is 9.86. The van der Waals surface area contributed by atoms with Crippen LogP contribution in [0.1, 0.15) is 61.0 Å². The number of hydrogen-bond acceptors (Lipinski definition) is 5. The third kappa shape index (κ3) is 8.84. The Bertz CT molecular complexity index is 717. The maximum Gasteiger partial charge on any atom is 0.408 e. The van der Waals surface area contributed by atoms with Gasteiger partial charge in [-0.3, -0.25) is 4.79 Å². The van der Waals surface area contributed by atoms with Crippen molar-refractivity contribution in [1.82, 2.24) is 10.6 Å². The average Bonchev–Trinajstić information content (AvgIpc) is 2.60. The second-order valence-electron chi connectivity index (χ2n) is 9.77. The van der Waals surface area contributed by atoms with Crippen molar-refractivity contribution >= 4 is 18.0 Å². The Morgan fingerprint density at radius 2 is 1.50 bits per heavy atom. The molecule has 1 aromatic rings. The van der Waals surface area contributed by atoms with Crippen molar-refractivity contribution in [3.05, 3.63) is 35.9 Å². The molecule has 0 saturated heterocycles. The summed E-state index contributed by atoms with van der Waals surface area (Å²) in [6, 6.07) is 7.59. The van der Waals surface area contributed by atoms with Crippen LogP contribution < -0.4 is 10.6 Å². The molecular weight excluding hydrogens is 384 g/mol. The highest BCUT2D eigenvalue weighted by molar-refractivity contribution is 5.90. The number of amides is 2. The second kappa shape index (κ2) is 10.5. The summed E-state index contributed by atoms with van der Waals surface area (Å²) in [5.74, 6) is -1.18. The van der Waals surface area contributed by atoms with Crippen LogP contribution in [0, 0.1) is 11.3 Å². The number of rotatable bonds is 7. The fraction of sp³-hybridized carbons (Fsp3) is 0.609. The molecule has 0 heterocycles. The van der Waals surface area contributed by atoms with E-state index < -0.39 is 41.1 Å². The van der Waals surface area contributed by atoms with Gasteiger partial charge in [-0.15, -0.1) is 0 Å². The number of benzene rings is 1. The average molecular weight is 421 g/mol. The highest BCUT2D eigenvalue weighted by Gasteiger charge is 2.37. The van der Waals surface area contributed by atoms with Crippen LogP contribution in [0.5, 0.6) is 0 Å². The van der Waals surface area contributed by atoms with Crippen LogP contribution in [-0.4, -0.2) is 35.7 Å². The molecule has 2 atom stereocenters. The molecule has 0 saturated carbocycles. The topological polar surface area (TPSA) is 93.7 Å². The number of esters is 1. The van der Waals surface area contributed by atoms with Gasteiger partial charge in [0.1, 0.15) is 24.3 Å². The molecule has 0 bridgehead atoms. The maximum atomic E-state index is 13.0. The van der Waals surface area contributed by atoms with Gasteiger partial charge in [-0.05, 0) is 37.7 Å². The first-order valence-corrected chi connectivity index (χ1v) is 10.2. The summed E-state index contributed by atoms with van der Waals surface area (Å²) in [4.78, 5) is 37.9. The lowest BCUT2D eigenvalue weighted by Gasteiger charge is -2.33. The van der Waals surface area contributed by atoms with E-state index >= 15 is 0 Å². The Morgan fingerprint density at radius 1 is 0.933 bits per heavy atom. The van der Waals surface area contributed by atoms with Gasteiger partial charge in [0.15, 0.2) is 0 Å². The lowest BCUT2D eigenvalue weighted by molar-refractivity contribution is -0.151. The molecule has 0 aliphatic heterocycles. The van der Waals surface area contributed by atoms with Gasteiger partial charge < -0.3 is 20.1 Å². The van der Waals surface area contributed by atoms with Gasteiger partial charge in [-0.25, -0.2) is 9.59 Å². The largest absolute Gasteiger partial charge is 0.459 e. The van der Waals surface area contributed by atoms with Crippen LogP contribution in [0.3, 0.4) is 0 Å². The minimum absolute atomic E-state index is 0.123. The Kier molecular flexibility index (Phi) is 8.88. The highest BCUT2D eigenvalue weighted by Crippen LogP contribution is 2.21. The summed E-state index contributed by atoms with van der Waals surface area (Å²) in [6.07, 6.45) is -0.690. The molecule has 2 amide bonds. The zero-order valence-corrected chi connectivity index (χ0v) is 19.4. The third-order valence-electron chi connectivity index (χ3n) is 4.23. The summed E-state index contributed by atoms with van der Waals surface area (Å²) in [5.41, 5.74) is -0.430. The van der Waals surface area contributed by atoms with E-state index in [0.717, 1.165) is 5.56 Å². The molecule has 7 nitrogen and oxygen atoms in total. The van der Waals surface area contributed by atoms with Gasteiger partial charge in [0.05, 0.1) is 0 Å². The molecule has 0 unspecified atom stereocenters. The predicted octanol–water partition coefficient (Wildman–Crippen LogP) is 3.81. The van der Waals surface area contributed by atoms with Crippen molar-refractivity contribution in [2.24, 2.45) is 11.3 Å². The Labute approximate surface area is 179 Å². The van der Waals surface area contributed by atoms with Crippen molar-refractivity contribution in [3.63, 3.8) is 0 Å². The van der Waals surface area contributed by atoms with E-state index in [0.29, 0.717) is 0 Å². The minimum Gasteiger partial charge on any atom is -0.459 e. The molecule has 0 radical (unpaired) electrons. The number of carbonyl (C=O) groups excluding carboxylic acids is 3. The molecule has 168 valence electrons. The van der Waals surface area contributed by atoms with Crippen LogP contribution in [0.15, 0.2) is 30.3 Å². The van der Waals surface area contributed by atoms with E-state index in [2.05, 4.69) is 10.6 Å². The minimum atomic E-state index is -0.893. The fourth-order valence-corrected chi connectivity index (χ4v) is 2.65. The second-order valence-corrected chi connectivity index (χ2v) is 9.77. The van der Waals surface area contributed by atoms with Crippen LogP contribution in [0.4, 0.5) is 4.79 Å². The first-order valence-electron chi connectivity index (χ1n) is 10.2. The summed E-state index contributed by atoms with van der Waals surface area (Å²) >= 11 is 0. The standard InChI is InChI=1S/C23H36N2O5/c1-15(2)17(20(27)29-14-16-12-10-9-11-13-16)24-19(26)18(22(3,4)5)25-21(28)30-23(6,7)8/h9-13,15,17-18H,14H2,1-8H3,(H,24,26)(H,25,28)/t17-,18+/m0/s1. The number of nitrogens with one attached hydrogen (secondary N) is 2. The molecule has 0 fully saturated rings. The van der Waals surface area contributed by atoms with Gasteiger partial charge in [0, 0.05) is 0 Å². The maximum absolute atomic E-state index is 13.0. The summed E-state index contributed by atoms with van der Waals surface area (Å²) in [6.45, 7) is 14.5. The Hall–Kier alpha value is -2.57. The predicted molar refractivity (Wildman–Crippen MR) is 116 cm³/mol. The number of alkyl carbamates (subject to hydrolysis) is 1. The molecular formula is C23H36N2O5. The molecule has 0 aliphatic carbocycles. The first-order chi connectivity index (χ1) is 13.7. The lowest BCUT2D eigenvalue weighted by Crippen LogP contribution is -2.58. The molecule has 1 rings (SSSR count). The van der Waals surface area contributed by atoms with Gasteiger partial charge in [0.25, 0.3) is 0 Å².